The molecule has 0 N–H and O–H groups in total. The Bertz CT molecular complexity index is 550. The van der Waals surface area contributed by atoms with Gasteiger partial charge in [0.1, 0.15) is 18.5 Å². The number of pyridine rings is 1. The van der Waals surface area contributed by atoms with E-state index < -0.39 is 0 Å². The molecular weight excluding hydrogens is 258 g/mol. The second-order valence-corrected chi connectivity index (χ2v) is 3.73. The molecule has 0 aromatic carbocycles. The van der Waals surface area contributed by atoms with Gasteiger partial charge in [-0.3, -0.25) is 0 Å². The van der Waals surface area contributed by atoms with Gasteiger partial charge in [0.25, 0.3) is 5.88 Å². The van der Waals surface area contributed by atoms with Gasteiger partial charge in [-0.15, -0.1) is 0 Å². The third-order valence-corrected chi connectivity index (χ3v) is 2.51. The SMILES string of the molecule is COCCOc1cc2ncnc(Cl)c2nc1OC. The highest BCUT2D eigenvalue weighted by molar-refractivity contribution is 6.33. The molecule has 0 atom stereocenters. The molecule has 7 heteroatoms. The van der Waals surface area contributed by atoms with Crippen LogP contribution in [0.2, 0.25) is 5.15 Å². The van der Waals surface area contributed by atoms with Crippen LogP contribution in [-0.2, 0) is 4.74 Å². The lowest BCUT2D eigenvalue weighted by molar-refractivity contribution is 0.144. The Morgan fingerprint density at radius 3 is 2.78 bits per heavy atom. The third kappa shape index (κ3) is 2.60. The van der Waals surface area contributed by atoms with Crippen LogP contribution in [0.15, 0.2) is 12.4 Å². The molecule has 6 nitrogen and oxygen atoms in total. The first-order valence-corrected chi connectivity index (χ1v) is 5.61. The largest absolute Gasteiger partial charge is 0.485 e. The van der Waals surface area contributed by atoms with E-state index in [0.717, 1.165) is 0 Å². The van der Waals surface area contributed by atoms with Gasteiger partial charge in [-0.05, 0) is 0 Å². The van der Waals surface area contributed by atoms with Crippen molar-refractivity contribution in [2.24, 2.45) is 0 Å². The van der Waals surface area contributed by atoms with Crippen molar-refractivity contribution >= 4 is 22.6 Å². The van der Waals surface area contributed by atoms with E-state index in [1.165, 1.54) is 13.4 Å². The maximum Gasteiger partial charge on any atom is 0.257 e. The number of aromatic nitrogens is 3. The first-order chi connectivity index (χ1) is 8.76. The highest BCUT2D eigenvalue weighted by Gasteiger charge is 2.12. The normalized spacial score (nSPS) is 10.6. The van der Waals surface area contributed by atoms with Gasteiger partial charge in [-0.1, -0.05) is 11.6 Å². The van der Waals surface area contributed by atoms with Crippen molar-refractivity contribution in [3.8, 4) is 11.6 Å². The number of fused-ring (bicyclic) bond motifs is 1. The van der Waals surface area contributed by atoms with E-state index in [1.54, 1.807) is 13.2 Å². The Morgan fingerprint density at radius 1 is 1.22 bits per heavy atom. The van der Waals surface area contributed by atoms with E-state index in [0.29, 0.717) is 35.9 Å². The van der Waals surface area contributed by atoms with Crippen molar-refractivity contribution in [3.63, 3.8) is 0 Å². The molecule has 0 fully saturated rings. The summed E-state index contributed by atoms with van der Waals surface area (Å²) in [7, 11) is 3.11. The summed E-state index contributed by atoms with van der Waals surface area (Å²) in [5, 5.41) is 0.279. The molecule has 2 rings (SSSR count). The Kier molecular flexibility index (Phi) is 4.11. The predicted octanol–water partition coefficient (Wildman–Crippen LogP) is 1.71. The van der Waals surface area contributed by atoms with Gasteiger partial charge in [0.05, 0.1) is 19.2 Å². The minimum atomic E-state index is 0.279. The van der Waals surface area contributed by atoms with E-state index in [9.17, 15) is 0 Å². The van der Waals surface area contributed by atoms with Crippen LogP contribution >= 0.6 is 11.6 Å². The molecule has 0 aliphatic carbocycles. The lowest BCUT2D eigenvalue weighted by Crippen LogP contribution is -2.06. The molecule has 0 saturated heterocycles. The summed E-state index contributed by atoms with van der Waals surface area (Å²) in [4.78, 5) is 12.2. The van der Waals surface area contributed by atoms with Crippen molar-refractivity contribution in [2.45, 2.75) is 0 Å². The van der Waals surface area contributed by atoms with Crippen molar-refractivity contribution in [1.82, 2.24) is 15.0 Å². The van der Waals surface area contributed by atoms with E-state index in [4.69, 9.17) is 25.8 Å². The number of rotatable bonds is 5. The Hall–Kier alpha value is -1.66. The van der Waals surface area contributed by atoms with Crippen LogP contribution in [-0.4, -0.2) is 42.4 Å². The summed E-state index contributed by atoms with van der Waals surface area (Å²) in [5.74, 6) is 0.840. The van der Waals surface area contributed by atoms with E-state index >= 15 is 0 Å². The molecule has 0 unspecified atom stereocenters. The van der Waals surface area contributed by atoms with Crippen molar-refractivity contribution in [1.29, 1.82) is 0 Å². The second kappa shape index (κ2) is 5.79. The van der Waals surface area contributed by atoms with Crippen molar-refractivity contribution < 1.29 is 14.2 Å². The quantitative estimate of drug-likeness (QED) is 0.608. The summed E-state index contributed by atoms with van der Waals surface area (Å²) in [6.07, 6.45) is 1.37. The van der Waals surface area contributed by atoms with Crippen LogP contribution in [0.5, 0.6) is 11.6 Å². The number of nitrogens with zero attached hydrogens (tertiary/aromatic N) is 3. The molecule has 0 bridgehead atoms. The predicted molar refractivity (Wildman–Crippen MR) is 66.3 cm³/mol. The molecule has 0 spiro atoms. The minimum absolute atomic E-state index is 0.279. The van der Waals surface area contributed by atoms with E-state index in [1.807, 2.05) is 0 Å². The minimum Gasteiger partial charge on any atom is -0.485 e. The fourth-order valence-electron chi connectivity index (χ4n) is 1.41. The first-order valence-electron chi connectivity index (χ1n) is 5.23. The highest BCUT2D eigenvalue weighted by atomic mass is 35.5. The molecule has 0 amide bonds. The molecule has 18 heavy (non-hydrogen) atoms. The van der Waals surface area contributed by atoms with Gasteiger partial charge in [0.15, 0.2) is 10.9 Å². The molecule has 0 aliphatic heterocycles. The zero-order valence-corrected chi connectivity index (χ0v) is 10.8. The first kappa shape index (κ1) is 12.8. The summed E-state index contributed by atoms with van der Waals surface area (Å²) >= 11 is 5.94. The van der Waals surface area contributed by atoms with Crippen LogP contribution < -0.4 is 9.47 Å². The number of ether oxygens (including phenoxy) is 3. The van der Waals surface area contributed by atoms with Crippen LogP contribution in [0, 0.1) is 0 Å². The van der Waals surface area contributed by atoms with Gasteiger partial charge in [-0.2, -0.15) is 0 Å². The van der Waals surface area contributed by atoms with Crippen LogP contribution in [0.3, 0.4) is 0 Å². The van der Waals surface area contributed by atoms with Crippen LogP contribution in [0.4, 0.5) is 0 Å². The van der Waals surface area contributed by atoms with Crippen molar-refractivity contribution in [3.05, 3.63) is 17.5 Å². The summed E-state index contributed by atoms with van der Waals surface area (Å²) in [6, 6.07) is 1.71. The number of hydrogen-bond acceptors (Lipinski definition) is 6. The Balaban J connectivity index is 2.39. The second-order valence-electron chi connectivity index (χ2n) is 3.37. The van der Waals surface area contributed by atoms with Gasteiger partial charge < -0.3 is 14.2 Å². The molecule has 2 aromatic rings. The summed E-state index contributed by atoms with van der Waals surface area (Å²) in [5.41, 5.74) is 1.08. The zero-order chi connectivity index (χ0) is 13.0. The standard InChI is InChI=1S/C11H12ClN3O3/c1-16-3-4-18-8-5-7-9(15-11(8)17-2)10(12)14-6-13-7/h5-6H,3-4H2,1-2H3. The number of hydrogen-bond donors (Lipinski definition) is 0. The molecule has 2 aromatic heterocycles. The molecule has 96 valence electrons. The topological polar surface area (TPSA) is 66.4 Å². The molecular formula is C11H12ClN3O3. The molecule has 0 radical (unpaired) electrons. The van der Waals surface area contributed by atoms with Gasteiger partial charge in [-0.25, -0.2) is 15.0 Å². The van der Waals surface area contributed by atoms with Crippen molar-refractivity contribution in [2.75, 3.05) is 27.4 Å². The van der Waals surface area contributed by atoms with Crippen LogP contribution in [0.25, 0.3) is 11.0 Å². The fraction of sp³-hybridized carbons (Fsp3) is 0.364. The highest BCUT2D eigenvalue weighted by Crippen LogP contribution is 2.30. The molecule has 2 heterocycles. The zero-order valence-electron chi connectivity index (χ0n) is 10.0. The van der Waals surface area contributed by atoms with Crippen LogP contribution in [0.1, 0.15) is 0 Å². The van der Waals surface area contributed by atoms with E-state index in [-0.39, 0.29) is 5.15 Å². The fourth-order valence-corrected chi connectivity index (χ4v) is 1.59. The molecule has 0 saturated carbocycles. The number of halogens is 1. The maximum absolute atomic E-state index is 5.94. The third-order valence-electron chi connectivity index (χ3n) is 2.24. The van der Waals surface area contributed by atoms with Gasteiger partial charge in [0, 0.05) is 13.2 Å². The Morgan fingerprint density at radius 2 is 2.06 bits per heavy atom. The summed E-state index contributed by atoms with van der Waals surface area (Å²) < 4.78 is 15.6. The van der Waals surface area contributed by atoms with Gasteiger partial charge >= 0.3 is 0 Å². The number of methoxy groups -OCH3 is 2. The molecule has 0 aliphatic rings. The smallest absolute Gasteiger partial charge is 0.257 e. The Labute approximate surface area is 109 Å². The maximum atomic E-state index is 5.94. The van der Waals surface area contributed by atoms with Gasteiger partial charge in [0.2, 0.25) is 0 Å². The van der Waals surface area contributed by atoms with E-state index in [2.05, 4.69) is 15.0 Å². The average molecular weight is 270 g/mol. The lowest BCUT2D eigenvalue weighted by Gasteiger charge is -2.10. The monoisotopic (exact) mass is 269 g/mol. The summed E-state index contributed by atoms with van der Waals surface area (Å²) in [6.45, 7) is 0.880. The average Bonchev–Trinajstić information content (AvgIpc) is 2.39. The lowest BCUT2D eigenvalue weighted by atomic mass is 10.3.